The molecule has 0 radical (unpaired) electrons. The van der Waals surface area contributed by atoms with Gasteiger partial charge < -0.3 is 10.0 Å². The molecular formula is C14H14F3NO2. The summed E-state index contributed by atoms with van der Waals surface area (Å²) in [5.74, 6) is 4.69. The summed E-state index contributed by atoms with van der Waals surface area (Å²) in [7, 11) is 1.10. The summed E-state index contributed by atoms with van der Waals surface area (Å²) in [5, 5.41) is 8.60. The van der Waals surface area contributed by atoms with Crippen LogP contribution in [0.4, 0.5) is 13.2 Å². The minimum absolute atomic E-state index is 0.0695. The SMILES string of the molecule is CN(CC(F)(F)F)C(=O)c1cccc(C#CCCO)c1. The molecule has 0 aliphatic carbocycles. The zero-order chi connectivity index (χ0) is 15.2. The van der Waals surface area contributed by atoms with Gasteiger partial charge in [0.2, 0.25) is 0 Å². The Morgan fingerprint density at radius 3 is 2.70 bits per heavy atom. The number of benzene rings is 1. The average Bonchev–Trinajstić information content (AvgIpc) is 2.36. The summed E-state index contributed by atoms with van der Waals surface area (Å²) in [6.45, 7) is -1.37. The largest absolute Gasteiger partial charge is 0.406 e. The predicted molar refractivity (Wildman–Crippen MR) is 68.0 cm³/mol. The van der Waals surface area contributed by atoms with Crippen LogP contribution in [0.15, 0.2) is 24.3 Å². The molecule has 0 saturated carbocycles. The normalized spacial score (nSPS) is 10.7. The van der Waals surface area contributed by atoms with E-state index >= 15 is 0 Å². The van der Waals surface area contributed by atoms with Crippen molar-refractivity contribution in [1.82, 2.24) is 4.90 Å². The van der Waals surface area contributed by atoms with Crippen LogP contribution >= 0.6 is 0 Å². The molecule has 3 nitrogen and oxygen atoms in total. The average molecular weight is 285 g/mol. The lowest BCUT2D eigenvalue weighted by molar-refractivity contribution is -0.138. The van der Waals surface area contributed by atoms with Crippen LogP contribution in [0.3, 0.4) is 0 Å². The lowest BCUT2D eigenvalue weighted by Crippen LogP contribution is -2.35. The van der Waals surface area contributed by atoms with Gasteiger partial charge in [-0.05, 0) is 18.2 Å². The molecule has 1 amide bonds. The number of aliphatic hydroxyl groups excluding tert-OH is 1. The number of hydrogen-bond donors (Lipinski definition) is 1. The number of aliphatic hydroxyl groups is 1. The van der Waals surface area contributed by atoms with E-state index in [0.29, 0.717) is 16.9 Å². The second-order valence-corrected chi connectivity index (χ2v) is 4.13. The van der Waals surface area contributed by atoms with E-state index in [-0.39, 0.29) is 12.2 Å². The third-order valence-corrected chi connectivity index (χ3v) is 2.34. The maximum atomic E-state index is 12.2. The number of nitrogens with zero attached hydrogens (tertiary/aromatic N) is 1. The molecule has 0 aliphatic rings. The van der Waals surface area contributed by atoms with Crippen LogP contribution in [-0.4, -0.2) is 42.3 Å². The molecular weight excluding hydrogens is 271 g/mol. The van der Waals surface area contributed by atoms with E-state index in [1.807, 2.05) is 0 Å². The van der Waals surface area contributed by atoms with Crippen molar-refractivity contribution in [2.75, 3.05) is 20.2 Å². The van der Waals surface area contributed by atoms with Crippen LogP contribution in [0.1, 0.15) is 22.3 Å². The van der Waals surface area contributed by atoms with Gasteiger partial charge in [-0.1, -0.05) is 17.9 Å². The fourth-order valence-electron chi connectivity index (χ4n) is 1.51. The summed E-state index contributed by atoms with van der Waals surface area (Å²) in [6.07, 6.45) is -4.13. The molecule has 6 heteroatoms. The minimum atomic E-state index is -4.43. The van der Waals surface area contributed by atoms with Gasteiger partial charge >= 0.3 is 6.18 Å². The van der Waals surface area contributed by atoms with Crippen LogP contribution in [0, 0.1) is 11.8 Å². The van der Waals surface area contributed by atoms with Crippen LogP contribution < -0.4 is 0 Å². The molecule has 1 N–H and O–H groups in total. The van der Waals surface area contributed by atoms with E-state index in [1.165, 1.54) is 12.1 Å². The highest BCUT2D eigenvalue weighted by Gasteiger charge is 2.31. The highest BCUT2D eigenvalue weighted by molar-refractivity contribution is 5.94. The molecule has 0 saturated heterocycles. The summed E-state index contributed by atoms with van der Waals surface area (Å²) >= 11 is 0. The van der Waals surface area contributed by atoms with Crippen molar-refractivity contribution in [3.05, 3.63) is 35.4 Å². The number of hydrogen-bond acceptors (Lipinski definition) is 2. The Balaban J connectivity index is 2.84. The van der Waals surface area contributed by atoms with Gasteiger partial charge in [0.25, 0.3) is 5.91 Å². The van der Waals surface area contributed by atoms with Gasteiger partial charge in [-0.15, -0.1) is 0 Å². The van der Waals surface area contributed by atoms with E-state index in [9.17, 15) is 18.0 Å². The van der Waals surface area contributed by atoms with Gasteiger partial charge in [0, 0.05) is 24.6 Å². The van der Waals surface area contributed by atoms with Crippen LogP contribution in [-0.2, 0) is 0 Å². The number of alkyl halides is 3. The summed E-state index contributed by atoms with van der Waals surface area (Å²) in [5.41, 5.74) is 0.664. The first-order valence-corrected chi connectivity index (χ1v) is 5.85. The van der Waals surface area contributed by atoms with Crippen molar-refractivity contribution in [2.45, 2.75) is 12.6 Å². The topological polar surface area (TPSA) is 40.5 Å². The van der Waals surface area contributed by atoms with Gasteiger partial charge in [0.05, 0.1) is 6.61 Å². The Kier molecular flexibility index (Phi) is 5.59. The fourth-order valence-corrected chi connectivity index (χ4v) is 1.51. The van der Waals surface area contributed by atoms with Crippen molar-refractivity contribution in [3.63, 3.8) is 0 Å². The molecule has 0 atom stereocenters. The first-order chi connectivity index (χ1) is 9.33. The molecule has 1 rings (SSSR count). The zero-order valence-corrected chi connectivity index (χ0v) is 10.9. The number of carbonyl (C=O) groups is 1. The number of halogens is 3. The van der Waals surface area contributed by atoms with Crippen LogP contribution in [0.5, 0.6) is 0 Å². The molecule has 0 bridgehead atoms. The Bertz CT molecular complexity index is 529. The van der Waals surface area contributed by atoms with Gasteiger partial charge in [-0.3, -0.25) is 4.79 Å². The standard InChI is InChI=1S/C14H14F3NO2/c1-18(10-14(15,16)17)13(20)12-7-4-6-11(9-12)5-2-3-8-19/h4,6-7,9,19H,3,8,10H2,1H3. The van der Waals surface area contributed by atoms with E-state index in [4.69, 9.17) is 5.11 Å². The second kappa shape index (κ2) is 6.96. The minimum Gasteiger partial charge on any atom is -0.395 e. The Labute approximate surface area is 115 Å². The number of amides is 1. The molecule has 1 aromatic carbocycles. The maximum absolute atomic E-state index is 12.2. The van der Waals surface area contributed by atoms with E-state index < -0.39 is 18.6 Å². The molecule has 0 fully saturated rings. The summed E-state index contributed by atoms with van der Waals surface area (Å²) < 4.78 is 36.7. The molecule has 0 aromatic heterocycles. The molecule has 1 aromatic rings. The van der Waals surface area contributed by atoms with Gasteiger partial charge in [0.15, 0.2) is 0 Å². The number of rotatable bonds is 3. The van der Waals surface area contributed by atoms with Crippen LogP contribution in [0.2, 0.25) is 0 Å². The van der Waals surface area contributed by atoms with Crippen LogP contribution in [0.25, 0.3) is 0 Å². The first-order valence-electron chi connectivity index (χ1n) is 5.85. The van der Waals surface area contributed by atoms with Crippen molar-refractivity contribution in [2.24, 2.45) is 0 Å². The maximum Gasteiger partial charge on any atom is 0.406 e. The number of carbonyl (C=O) groups excluding carboxylic acids is 1. The lowest BCUT2D eigenvalue weighted by atomic mass is 10.1. The smallest absolute Gasteiger partial charge is 0.395 e. The highest BCUT2D eigenvalue weighted by Crippen LogP contribution is 2.17. The molecule has 0 unspecified atom stereocenters. The Hall–Kier alpha value is -2.00. The Morgan fingerprint density at radius 1 is 1.40 bits per heavy atom. The van der Waals surface area contributed by atoms with E-state index in [1.54, 1.807) is 12.1 Å². The van der Waals surface area contributed by atoms with Gasteiger partial charge in [-0.25, -0.2) is 0 Å². The highest BCUT2D eigenvalue weighted by atomic mass is 19.4. The molecule has 20 heavy (non-hydrogen) atoms. The van der Waals surface area contributed by atoms with Gasteiger partial charge in [0.1, 0.15) is 6.54 Å². The molecule has 108 valence electrons. The van der Waals surface area contributed by atoms with E-state index in [2.05, 4.69) is 11.8 Å². The lowest BCUT2D eigenvalue weighted by Gasteiger charge is -2.18. The second-order valence-electron chi connectivity index (χ2n) is 4.13. The summed E-state index contributed by atoms with van der Waals surface area (Å²) in [4.78, 5) is 12.5. The quantitative estimate of drug-likeness (QED) is 0.864. The first kappa shape index (κ1) is 16.1. The van der Waals surface area contributed by atoms with E-state index in [0.717, 1.165) is 7.05 Å². The van der Waals surface area contributed by atoms with Crippen molar-refractivity contribution >= 4 is 5.91 Å². The molecule has 0 aliphatic heterocycles. The fraction of sp³-hybridized carbons (Fsp3) is 0.357. The zero-order valence-electron chi connectivity index (χ0n) is 10.9. The molecule has 0 heterocycles. The third kappa shape index (κ3) is 5.33. The third-order valence-electron chi connectivity index (χ3n) is 2.34. The Morgan fingerprint density at radius 2 is 2.10 bits per heavy atom. The van der Waals surface area contributed by atoms with Gasteiger partial charge in [-0.2, -0.15) is 13.2 Å². The van der Waals surface area contributed by atoms with Crippen molar-refractivity contribution in [1.29, 1.82) is 0 Å². The summed E-state index contributed by atoms with van der Waals surface area (Å²) in [6, 6.07) is 6.06. The monoisotopic (exact) mass is 285 g/mol. The predicted octanol–water partition coefficient (Wildman–Crippen LogP) is 2.05. The molecule has 0 spiro atoms. The van der Waals surface area contributed by atoms with Crippen molar-refractivity contribution in [3.8, 4) is 11.8 Å². The van der Waals surface area contributed by atoms with Crippen molar-refractivity contribution < 1.29 is 23.1 Å².